The Bertz CT molecular complexity index is 652. The quantitative estimate of drug-likeness (QED) is 0.792. The van der Waals surface area contributed by atoms with Crippen molar-refractivity contribution in [3.05, 3.63) is 16.0 Å². The standard InChI is InChI=1S/C17H23NO5S/c1-4-23-17(22)13-9(2)10(3)24-15(13)18-14(19)11-7-5-6-8-12(11)16(20)21/h11-12H,4-8H2,1-3H3,(H,18,19)(H,20,21)/t11-,12+/m0/s1. The summed E-state index contributed by atoms with van der Waals surface area (Å²) in [4.78, 5) is 37.1. The number of carboxylic acids is 1. The molecule has 1 aliphatic rings. The van der Waals surface area contributed by atoms with Gasteiger partial charge in [-0.05, 0) is 39.2 Å². The number of nitrogens with one attached hydrogen (secondary N) is 1. The van der Waals surface area contributed by atoms with Gasteiger partial charge in [0.2, 0.25) is 5.91 Å². The van der Waals surface area contributed by atoms with Crippen molar-refractivity contribution >= 4 is 34.2 Å². The number of hydrogen-bond acceptors (Lipinski definition) is 5. The molecule has 1 aromatic heterocycles. The fourth-order valence-corrected chi connectivity index (χ4v) is 4.16. The van der Waals surface area contributed by atoms with E-state index >= 15 is 0 Å². The van der Waals surface area contributed by atoms with Gasteiger partial charge < -0.3 is 15.2 Å². The SMILES string of the molecule is CCOC(=O)c1c(NC(=O)[C@H]2CCCC[C@H]2C(=O)O)sc(C)c1C. The first-order chi connectivity index (χ1) is 11.4. The van der Waals surface area contributed by atoms with Gasteiger partial charge in [-0.1, -0.05) is 12.8 Å². The molecule has 0 radical (unpaired) electrons. The van der Waals surface area contributed by atoms with Crippen molar-refractivity contribution in [3.8, 4) is 0 Å². The number of carbonyl (C=O) groups is 3. The first kappa shape index (κ1) is 18.4. The van der Waals surface area contributed by atoms with Gasteiger partial charge >= 0.3 is 11.9 Å². The molecule has 132 valence electrons. The van der Waals surface area contributed by atoms with Gasteiger partial charge in [0.25, 0.3) is 0 Å². The summed E-state index contributed by atoms with van der Waals surface area (Å²) < 4.78 is 5.07. The highest BCUT2D eigenvalue weighted by atomic mass is 32.1. The molecule has 2 atom stereocenters. The van der Waals surface area contributed by atoms with E-state index in [1.807, 2.05) is 13.8 Å². The summed E-state index contributed by atoms with van der Waals surface area (Å²) in [7, 11) is 0. The van der Waals surface area contributed by atoms with Crippen LogP contribution in [0.3, 0.4) is 0 Å². The van der Waals surface area contributed by atoms with Crippen molar-refractivity contribution in [2.45, 2.75) is 46.5 Å². The molecular weight excluding hydrogens is 330 g/mol. The van der Waals surface area contributed by atoms with Gasteiger partial charge in [0.1, 0.15) is 5.00 Å². The van der Waals surface area contributed by atoms with E-state index in [1.54, 1.807) is 6.92 Å². The largest absolute Gasteiger partial charge is 0.481 e. The Morgan fingerprint density at radius 2 is 1.83 bits per heavy atom. The van der Waals surface area contributed by atoms with E-state index < -0.39 is 23.8 Å². The highest BCUT2D eigenvalue weighted by molar-refractivity contribution is 7.16. The van der Waals surface area contributed by atoms with Crippen molar-refractivity contribution < 1.29 is 24.2 Å². The third-order valence-electron chi connectivity index (χ3n) is 4.52. The minimum atomic E-state index is -0.931. The lowest BCUT2D eigenvalue weighted by Gasteiger charge is -2.27. The molecule has 1 saturated carbocycles. The molecule has 2 N–H and O–H groups in total. The number of rotatable bonds is 5. The highest BCUT2D eigenvalue weighted by Crippen LogP contribution is 2.36. The Morgan fingerprint density at radius 3 is 2.42 bits per heavy atom. The molecule has 24 heavy (non-hydrogen) atoms. The van der Waals surface area contributed by atoms with Crippen LogP contribution in [0.2, 0.25) is 0 Å². The maximum Gasteiger partial charge on any atom is 0.341 e. The Morgan fingerprint density at radius 1 is 1.21 bits per heavy atom. The topological polar surface area (TPSA) is 92.7 Å². The number of carboxylic acid groups (broad SMARTS) is 1. The Balaban J connectivity index is 2.24. The number of aryl methyl sites for hydroxylation is 1. The monoisotopic (exact) mass is 353 g/mol. The number of esters is 1. The van der Waals surface area contributed by atoms with Crippen molar-refractivity contribution in [2.24, 2.45) is 11.8 Å². The minimum absolute atomic E-state index is 0.254. The Hall–Kier alpha value is -1.89. The molecule has 1 fully saturated rings. The van der Waals surface area contributed by atoms with Gasteiger partial charge in [-0.25, -0.2) is 4.79 Å². The molecule has 7 heteroatoms. The summed E-state index contributed by atoms with van der Waals surface area (Å²) >= 11 is 1.32. The summed E-state index contributed by atoms with van der Waals surface area (Å²) in [6, 6.07) is 0. The predicted octanol–water partition coefficient (Wildman–Crippen LogP) is 3.37. The first-order valence-corrected chi connectivity index (χ1v) is 8.99. The zero-order valence-corrected chi connectivity index (χ0v) is 15.0. The molecule has 1 aromatic rings. The van der Waals surface area contributed by atoms with Crippen molar-refractivity contribution in [3.63, 3.8) is 0 Å². The van der Waals surface area contributed by atoms with Crippen LogP contribution in [0.25, 0.3) is 0 Å². The smallest absolute Gasteiger partial charge is 0.341 e. The number of hydrogen-bond donors (Lipinski definition) is 2. The average Bonchev–Trinajstić information content (AvgIpc) is 2.81. The maximum atomic E-state index is 12.6. The van der Waals surface area contributed by atoms with E-state index in [9.17, 15) is 19.5 Å². The van der Waals surface area contributed by atoms with Gasteiger partial charge in [0.05, 0.1) is 24.0 Å². The van der Waals surface area contributed by atoms with Crippen LogP contribution in [0.4, 0.5) is 5.00 Å². The lowest BCUT2D eigenvalue weighted by atomic mass is 9.79. The van der Waals surface area contributed by atoms with E-state index in [0.29, 0.717) is 23.4 Å². The van der Waals surface area contributed by atoms with Gasteiger partial charge in [0, 0.05) is 4.88 Å². The second-order valence-electron chi connectivity index (χ2n) is 6.03. The highest BCUT2D eigenvalue weighted by Gasteiger charge is 2.36. The fourth-order valence-electron chi connectivity index (χ4n) is 3.11. The first-order valence-electron chi connectivity index (χ1n) is 8.17. The normalized spacial score (nSPS) is 20.5. The summed E-state index contributed by atoms with van der Waals surface area (Å²) in [6.45, 7) is 5.67. The van der Waals surface area contributed by atoms with E-state index in [0.717, 1.165) is 23.3 Å². The molecule has 1 amide bonds. The molecule has 0 bridgehead atoms. The van der Waals surface area contributed by atoms with Crippen LogP contribution >= 0.6 is 11.3 Å². The van der Waals surface area contributed by atoms with Gasteiger partial charge in [-0.3, -0.25) is 9.59 Å². The van der Waals surface area contributed by atoms with Gasteiger partial charge in [-0.15, -0.1) is 11.3 Å². The Kier molecular flexibility index (Phi) is 5.99. The van der Waals surface area contributed by atoms with E-state index in [4.69, 9.17) is 4.74 Å². The van der Waals surface area contributed by atoms with Crippen LogP contribution in [0, 0.1) is 25.7 Å². The molecule has 1 aliphatic carbocycles. The summed E-state index contributed by atoms with van der Waals surface area (Å²) in [5.74, 6) is -2.94. The third-order valence-corrected chi connectivity index (χ3v) is 5.64. The summed E-state index contributed by atoms with van der Waals surface area (Å²) in [6.07, 6.45) is 2.74. The second kappa shape index (κ2) is 7.79. The molecule has 6 nitrogen and oxygen atoms in total. The lowest BCUT2D eigenvalue weighted by Crippen LogP contribution is -2.36. The molecule has 0 aliphatic heterocycles. The van der Waals surface area contributed by atoms with Crippen molar-refractivity contribution in [2.75, 3.05) is 11.9 Å². The molecular formula is C17H23NO5S. The maximum absolute atomic E-state index is 12.6. The number of ether oxygens (including phenoxy) is 1. The second-order valence-corrected chi connectivity index (χ2v) is 7.26. The van der Waals surface area contributed by atoms with Crippen LogP contribution in [0.15, 0.2) is 0 Å². The molecule has 0 saturated heterocycles. The van der Waals surface area contributed by atoms with Crippen LogP contribution in [-0.4, -0.2) is 29.6 Å². The van der Waals surface area contributed by atoms with Crippen molar-refractivity contribution in [1.82, 2.24) is 0 Å². The number of amides is 1. The summed E-state index contributed by atoms with van der Waals surface area (Å²) in [5.41, 5.74) is 1.16. The molecule has 1 heterocycles. The average molecular weight is 353 g/mol. The zero-order chi connectivity index (χ0) is 17.9. The lowest BCUT2D eigenvalue weighted by molar-refractivity contribution is -0.147. The predicted molar refractivity (Wildman–Crippen MR) is 91.5 cm³/mol. The molecule has 0 aromatic carbocycles. The van der Waals surface area contributed by atoms with Gasteiger partial charge in [-0.2, -0.15) is 0 Å². The number of anilines is 1. The van der Waals surface area contributed by atoms with Crippen molar-refractivity contribution in [1.29, 1.82) is 0 Å². The zero-order valence-electron chi connectivity index (χ0n) is 14.2. The number of aliphatic carboxylic acids is 1. The van der Waals surface area contributed by atoms with E-state index in [-0.39, 0.29) is 12.5 Å². The molecule has 0 unspecified atom stereocenters. The molecule has 0 spiro atoms. The summed E-state index contributed by atoms with van der Waals surface area (Å²) in [5, 5.41) is 12.6. The van der Waals surface area contributed by atoms with Gasteiger partial charge in [0.15, 0.2) is 0 Å². The van der Waals surface area contributed by atoms with Crippen LogP contribution in [0.5, 0.6) is 0 Å². The minimum Gasteiger partial charge on any atom is -0.481 e. The molecule has 2 rings (SSSR count). The Labute approximate surface area is 145 Å². The third kappa shape index (κ3) is 3.77. The fraction of sp³-hybridized carbons (Fsp3) is 0.588. The van der Waals surface area contributed by atoms with Crippen LogP contribution < -0.4 is 5.32 Å². The van der Waals surface area contributed by atoms with Crippen LogP contribution in [-0.2, 0) is 14.3 Å². The van der Waals surface area contributed by atoms with E-state index in [1.165, 1.54) is 11.3 Å². The number of carbonyl (C=O) groups excluding carboxylic acids is 2. The number of thiophene rings is 1. The van der Waals surface area contributed by atoms with E-state index in [2.05, 4.69) is 5.32 Å². The van der Waals surface area contributed by atoms with Crippen LogP contribution in [0.1, 0.15) is 53.4 Å².